The van der Waals surface area contributed by atoms with Crippen molar-refractivity contribution in [2.75, 3.05) is 14.2 Å². The van der Waals surface area contributed by atoms with Crippen LogP contribution >= 0.6 is 0 Å². The molecule has 0 saturated carbocycles. The van der Waals surface area contributed by atoms with Gasteiger partial charge in [-0.1, -0.05) is 30.3 Å². The van der Waals surface area contributed by atoms with Gasteiger partial charge in [0, 0.05) is 17.7 Å². The molecule has 1 N–H and O–H groups in total. The lowest BCUT2D eigenvalue weighted by atomic mass is 10.2. The van der Waals surface area contributed by atoms with Crippen LogP contribution in [0.1, 0.15) is 5.56 Å². The van der Waals surface area contributed by atoms with Crippen molar-refractivity contribution in [3.63, 3.8) is 0 Å². The molecule has 3 aromatic rings. The lowest BCUT2D eigenvalue weighted by Gasteiger charge is -2.11. The molecule has 134 valence electrons. The van der Waals surface area contributed by atoms with Crippen LogP contribution in [0.5, 0.6) is 11.5 Å². The van der Waals surface area contributed by atoms with E-state index in [0.29, 0.717) is 23.9 Å². The standard InChI is InChI=1S/C18H19N5O3/c1-25-15-8-9-16(26-2)14(10-15)11-19-17(24)12-23-21-18(20-22-23)13-6-4-3-5-7-13/h3-10H,11-12H2,1-2H3,(H,19,24). The van der Waals surface area contributed by atoms with Gasteiger partial charge >= 0.3 is 0 Å². The number of tetrazole rings is 1. The Kier molecular flexibility index (Phi) is 5.43. The van der Waals surface area contributed by atoms with Crippen LogP contribution in [0.3, 0.4) is 0 Å². The molecule has 0 aliphatic carbocycles. The third kappa shape index (κ3) is 4.15. The summed E-state index contributed by atoms with van der Waals surface area (Å²) in [4.78, 5) is 13.4. The van der Waals surface area contributed by atoms with E-state index in [1.54, 1.807) is 26.4 Å². The smallest absolute Gasteiger partial charge is 0.243 e. The molecule has 0 saturated heterocycles. The number of nitrogens with one attached hydrogen (secondary N) is 1. The molecule has 0 aliphatic heterocycles. The van der Waals surface area contributed by atoms with Gasteiger partial charge in [0.25, 0.3) is 0 Å². The summed E-state index contributed by atoms with van der Waals surface area (Å²) < 4.78 is 10.5. The van der Waals surface area contributed by atoms with Crippen molar-refractivity contribution in [2.24, 2.45) is 0 Å². The molecule has 0 radical (unpaired) electrons. The molecule has 1 amide bonds. The van der Waals surface area contributed by atoms with E-state index < -0.39 is 0 Å². The number of hydrogen-bond acceptors (Lipinski definition) is 6. The van der Waals surface area contributed by atoms with Gasteiger partial charge in [0.05, 0.1) is 14.2 Å². The van der Waals surface area contributed by atoms with Gasteiger partial charge in [0.15, 0.2) is 0 Å². The summed E-state index contributed by atoms with van der Waals surface area (Å²) in [5.74, 6) is 1.62. The van der Waals surface area contributed by atoms with Crippen LogP contribution in [0.4, 0.5) is 0 Å². The van der Waals surface area contributed by atoms with Crippen LogP contribution in [-0.4, -0.2) is 40.3 Å². The lowest BCUT2D eigenvalue weighted by molar-refractivity contribution is -0.122. The average molecular weight is 353 g/mol. The zero-order valence-electron chi connectivity index (χ0n) is 14.5. The fourth-order valence-corrected chi connectivity index (χ4v) is 2.41. The van der Waals surface area contributed by atoms with E-state index in [0.717, 1.165) is 11.1 Å². The topological polar surface area (TPSA) is 91.2 Å². The number of ether oxygens (including phenoxy) is 2. The molecule has 8 nitrogen and oxygen atoms in total. The molecule has 8 heteroatoms. The number of carbonyl (C=O) groups excluding carboxylic acids is 1. The highest BCUT2D eigenvalue weighted by atomic mass is 16.5. The highest BCUT2D eigenvalue weighted by Crippen LogP contribution is 2.23. The second kappa shape index (κ2) is 8.11. The van der Waals surface area contributed by atoms with Gasteiger partial charge in [-0.05, 0) is 23.4 Å². The van der Waals surface area contributed by atoms with Gasteiger partial charge in [-0.3, -0.25) is 4.79 Å². The highest BCUT2D eigenvalue weighted by molar-refractivity contribution is 5.75. The van der Waals surface area contributed by atoms with Crippen molar-refractivity contribution < 1.29 is 14.3 Å². The molecule has 1 aromatic heterocycles. The van der Waals surface area contributed by atoms with E-state index in [9.17, 15) is 4.79 Å². The first kappa shape index (κ1) is 17.4. The van der Waals surface area contributed by atoms with Gasteiger partial charge in [0.2, 0.25) is 11.7 Å². The summed E-state index contributed by atoms with van der Waals surface area (Å²) in [6, 6.07) is 14.9. The van der Waals surface area contributed by atoms with Crippen molar-refractivity contribution in [3.8, 4) is 22.9 Å². The number of amides is 1. The summed E-state index contributed by atoms with van der Waals surface area (Å²) in [6.07, 6.45) is 0. The summed E-state index contributed by atoms with van der Waals surface area (Å²) in [5, 5.41) is 14.9. The number of methoxy groups -OCH3 is 2. The number of aromatic nitrogens is 4. The van der Waals surface area contributed by atoms with Gasteiger partial charge in [0.1, 0.15) is 18.0 Å². The van der Waals surface area contributed by atoms with E-state index in [1.807, 2.05) is 36.4 Å². The first-order valence-electron chi connectivity index (χ1n) is 8.00. The molecule has 26 heavy (non-hydrogen) atoms. The molecule has 0 aliphatic rings. The number of benzene rings is 2. The van der Waals surface area contributed by atoms with Gasteiger partial charge < -0.3 is 14.8 Å². The Balaban J connectivity index is 1.61. The largest absolute Gasteiger partial charge is 0.497 e. The third-order valence-electron chi connectivity index (χ3n) is 3.73. The van der Waals surface area contributed by atoms with Crippen LogP contribution in [-0.2, 0) is 17.9 Å². The quantitative estimate of drug-likeness (QED) is 0.695. The Bertz CT molecular complexity index is 880. The predicted molar refractivity (Wildman–Crippen MR) is 94.6 cm³/mol. The van der Waals surface area contributed by atoms with Crippen LogP contribution in [0.25, 0.3) is 11.4 Å². The number of nitrogens with zero attached hydrogens (tertiary/aromatic N) is 4. The normalized spacial score (nSPS) is 10.4. The van der Waals surface area contributed by atoms with E-state index in [1.165, 1.54) is 4.80 Å². The van der Waals surface area contributed by atoms with Crippen LogP contribution in [0.2, 0.25) is 0 Å². The number of hydrogen-bond donors (Lipinski definition) is 1. The van der Waals surface area contributed by atoms with Crippen LogP contribution in [0.15, 0.2) is 48.5 Å². The van der Waals surface area contributed by atoms with E-state index >= 15 is 0 Å². The number of carbonyl (C=O) groups is 1. The Morgan fingerprint density at radius 1 is 1.12 bits per heavy atom. The third-order valence-corrected chi connectivity index (χ3v) is 3.73. The summed E-state index contributed by atoms with van der Waals surface area (Å²) >= 11 is 0. The molecule has 0 bridgehead atoms. The van der Waals surface area contributed by atoms with Gasteiger partial charge in [-0.2, -0.15) is 4.80 Å². The lowest BCUT2D eigenvalue weighted by Crippen LogP contribution is -2.28. The fraction of sp³-hybridized carbons (Fsp3) is 0.222. The minimum absolute atomic E-state index is 0.0217. The monoisotopic (exact) mass is 353 g/mol. The maximum Gasteiger partial charge on any atom is 0.243 e. The van der Waals surface area contributed by atoms with Crippen molar-refractivity contribution in [2.45, 2.75) is 13.1 Å². The second-order valence-electron chi connectivity index (χ2n) is 5.46. The predicted octanol–water partition coefficient (Wildman–Crippen LogP) is 1.67. The minimum Gasteiger partial charge on any atom is -0.497 e. The van der Waals surface area contributed by atoms with Gasteiger partial charge in [-0.25, -0.2) is 0 Å². The van der Waals surface area contributed by atoms with Gasteiger partial charge in [-0.15, -0.1) is 10.2 Å². The molecule has 0 unspecified atom stereocenters. The van der Waals surface area contributed by atoms with E-state index in [4.69, 9.17) is 9.47 Å². The summed E-state index contributed by atoms with van der Waals surface area (Å²) in [7, 11) is 3.17. The fourth-order valence-electron chi connectivity index (χ4n) is 2.41. The molecular weight excluding hydrogens is 334 g/mol. The summed E-state index contributed by atoms with van der Waals surface area (Å²) in [6.45, 7) is 0.283. The van der Waals surface area contributed by atoms with E-state index in [-0.39, 0.29) is 12.5 Å². The molecule has 0 spiro atoms. The number of rotatable bonds is 7. The molecule has 3 rings (SSSR count). The summed E-state index contributed by atoms with van der Waals surface area (Å²) in [5.41, 5.74) is 1.66. The Hall–Kier alpha value is -3.42. The van der Waals surface area contributed by atoms with Crippen molar-refractivity contribution >= 4 is 5.91 Å². The zero-order valence-corrected chi connectivity index (χ0v) is 14.5. The molecule has 1 heterocycles. The zero-order chi connectivity index (χ0) is 18.4. The first-order chi connectivity index (χ1) is 12.7. The Morgan fingerprint density at radius 2 is 1.92 bits per heavy atom. The Morgan fingerprint density at radius 3 is 2.65 bits per heavy atom. The molecule has 2 aromatic carbocycles. The molecule has 0 atom stereocenters. The maximum absolute atomic E-state index is 12.2. The molecular formula is C18H19N5O3. The minimum atomic E-state index is -0.230. The van der Waals surface area contributed by atoms with Crippen LogP contribution in [0, 0.1) is 0 Å². The first-order valence-corrected chi connectivity index (χ1v) is 8.00. The van der Waals surface area contributed by atoms with Crippen LogP contribution < -0.4 is 14.8 Å². The van der Waals surface area contributed by atoms with E-state index in [2.05, 4.69) is 20.7 Å². The van der Waals surface area contributed by atoms with Crippen molar-refractivity contribution in [3.05, 3.63) is 54.1 Å². The SMILES string of the molecule is COc1ccc(OC)c(CNC(=O)Cn2nnc(-c3ccccc3)n2)c1. The maximum atomic E-state index is 12.2. The second-order valence-corrected chi connectivity index (χ2v) is 5.46. The average Bonchev–Trinajstić information content (AvgIpc) is 3.15. The highest BCUT2D eigenvalue weighted by Gasteiger charge is 2.11. The van der Waals surface area contributed by atoms with Crippen molar-refractivity contribution in [1.82, 2.24) is 25.5 Å². The van der Waals surface area contributed by atoms with Crippen molar-refractivity contribution in [1.29, 1.82) is 0 Å². The molecule has 0 fully saturated rings. The Labute approximate surface area is 150 Å².